The summed E-state index contributed by atoms with van der Waals surface area (Å²) in [5.41, 5.74) is 11.3. The van der Waals surface area contributed by atoms with Crippen LogP contribution in [0.5, 0.6) is 0 Å². The Labute approximate surface area is 296 Å². The standard InChI is InChI=1S/C48H33N3/c1-4-14-32(15-5-1)41-30-45-47(40-23-13-12-22-39(40)41)46-38-21-11-10-16-33(38)26-29-44(46)51(45)37-27-24-35(25-28-37)43-31-42(34-17-6-2-7-18-34)49-48(50-43)36-19-8-3-9-20-36/h1-31,48-49H. The monoisotopic (exact) mass is 651 g/mol. The first-order chi connectivity index (χ1) is 25.3. The predicted octanol–water partition coefficient (Wildman–Crippen LogP) is 11.9. The van der Waals surface area contributed by atoms with Crippen LogP contribution in [-0.2, 0) is 0 Å². The molecule has 2 heterocycles. The molecular formula is C48H33N3. The Kier molecular flexibility index (Phi) is 6.88. The Morgan fingerprint density at radius 3 is 1.82 bits per heavy atom. The fraction of sp³-hybridized carbons (Fsp3) is 0.0208. The number of nitrogens with zero attached hydrogens (tertiary/aromatic N) is 2. The largest absolute Gasteiger partial charge is 0.360 e. The molecule has 0 saturated heterocycles. The summed E-state index contributed by atoms with van der Waals surface area (Å²) in [6.07, 6.45) is 1.99. The van der Waals surface area contributed by atoms with Crippen molar-refractivity contribution in [2.75, 3.05) is 0 Å². The smallest absolute Gasteiger partial charge is 0.145 e. The molecule has 240 valence electrons. The summed E-state index contributed by atoms with van der Waals surface area (Å²) < 4.78 is 2.45. The zero-order chi connectivity index (χ0) is 33.7. The molecule has 3 nitrogen and oxygen atoms in total. The highest BCUT2D eigenvalue weighted by atomic mass is 15.1. The van der Waals surface area contributed by atoms with Crippen LogP contribution in [0.2, 0.25) is 0 Å². The van der Waals surface area contributed by atoms with Gasteiger partial charge in [0.25, 0.3) is 0 Å². The van der Waals surface area contributed by atoms with Crippen LogP contribution < -0.4 is 5.32 Å². The van der Waals surface area contributed by atoms with E-state index < -0.39 is 0 Å². The van der Waals surface area contributed by atoms with Crippen molar-refractivity contribution in [3.8, 4) is 16.8 Å². The van der Waals surface area contributed by atoms with Gasteiger partial charge in [0, 0.05) is 22.2 Å². The molecule has 3 heteroatoms. The minimum atomic E-state index is -0.184. The summed E-state index contributed by atoms with van der Waals surface area (Å²) in [5, 5.41) is 11.3. The molecule has 1 atom stereocenters. The van der Waals surface area contributed by atoms with Crippen molar-refractivity contribution < 1.29 is 0 Å². The first-order valence-corrected chi connectivity index (χ1v) is 17.5. The van der Waals surface area contributed by atoms with Gasteiger partial charge in [0.1, 0.15) is 6.17 Å². The lowest BCUT2D eigenvalue weighted by atomic mass is 9.94. The van der Waals surface area contributed by atoms with E-state index in [-0.39, 0.29) is 6.17 Å². The van der Waals surface area contributed by atoms with Crippen LogP contribution in [0.1, 0.15) is 22.9 Å². The minimum absolute atomic E-state index is 0.184. The Morgan fingerprint density at radius 2 is 1.08 bits per heavy atom. The van der Waals surface area contributed by atoms with E-state index in [9.17, 15) is 0 Å². The lowest BCUT2D eigenvalue weighted by Crippen LogP contribution is -2.24. The van der Waals surface area contributed by atoms with E-state index in [1.807, 2.05) is 6.07 Å². The van der Waals surface area contributed by atoms with Crippen molar-refractivity contribution in [1.82, 2.24) is 9.88 Å². The molecule has 1 N–H and O–H groups in total. The second-order valence-corrected chi connectivity index (χ2v) is 13.2. The SMILES string of the molecule is C1=C(c2ccccc2)NC(c2ccccc2)N=C1c1ccc(-n2c3ccc4ccccc4c3c3c4ccccc4c(-c4ccccc4)cc32)cc1. The first-order valence-electron chi connectivity index (χ1n) is 17.5. The number of hydrogen-bond donors (Lipinski definition) is 1. The van der Waals surface area contributed by atoms with E-state index in [4.69, 9.17) is 4.99 Å². The lowest BCUT2D eigenvalue weighted by Gasteiger charge is -2.25. The van der Waals surface area contributed by atoms with Crippen molar-refractivity contribution in [2.45, 2.75) is 6.17 Å². The number of rotatable bonds is 5. The van der Waals surface area contributed by atoms with Crippen molar-refractivity contribution in [2.24, 2.45) is 4.99 Å². The number of fused-ring (bicyclic) bond motifs is 7. The molecule has 1 unspecified atom stereocenters. The van der Waals surface area contributed by atoms with Crippen LogP contribution >= 0.6 is 0 Å². The van der Waals surface area contributed by atoms with Crippen molar-refractivity contribution in [3.05, 3.63) is 205 Å². The van der Waals surface area contributed by atoms with E-state index in [1.165, 1.54) is 54.5 Å². The van der Waals surface area contributed by atoms with Gasteiger partial charge in [0.05, 0.1) is 16.7 Å². The molecule has 1 aromatic heterocycles. The number of aromatic nitrogens is 1. The van der Waals surface area contributed by atoms with Crippen LogP contribution in [0.15, 0.2) is 193 Å². The number of hydrogen-bond acceptors (Lipinski definition) is 2. The highest BCUT2D eigenvalue weighted by Crippen LogP contribution is 2.43. The molecular weight excluding hydrogens is 619 g/mol. The van der Waals surface area contributed by atoms with Gasteiger partial charge in [-0.25, -0.2) is 0 Å². The molecule has 0 aliphatic carbocycles. The summed E-state index contributed by atoms with van der Waals surface area (Å²) in [5.74, 6) is 0. The third-order valence-electron chi connectivity index (χ3n) is 10.2. The molecule has 0 amide bonds. The zero-order valence-corrected chi connectivity index (χ0v) is 27.9. The van der Waals surface area contributed by atoms with Gasteiger partial charge in [-0.1, -0.05) is 158 Å². The molecule has 1 aliphatic rings. The van der Waals surface area contributed by atoms with Crippen molar-refractivity contribution >= 4 is 54.8 Å². The highest BCUT2D eigenvalue weighted by Gasteiger charge is 2.22. The molecule has 10 rings (SSSR count). The summed E-state index contributed by atoms with van der Waals surface area (Å²) >= 11 is 0. The van der Waals surface area contributed by atoms with Crippen LogP contribution in [0.25, 0.3) is 65.9 Å². The zero-order valence-electron chi connectivity index (χ0n) is 27.9. The van der Waals surface area contributed by atoms with Crippen LogP contribution in [0.3, 0.4) is 0 Å². The summed E-state index contributed by atoms with van der Waals surface area (Å²) in [7, 11) is 0. The maximum Gasteiger partial charge on any atom is 0.145 e. The Bertz CT molecular complexity index is 2790. The molecule has 51 heavy (non-hydrogen) atoms. The average molecular weight is 652 g/mol. The number of aliphatic imine (C=N–C) groups is 1. The Balaban J connectivity index is 1.19. The fourth-order valence-corrected chi connectivity index (χ4v) is 7.82. The average Bonchev–Trinajstić information content (AvgIpc) is 3.56. The van der Waals surface area contributed by atoms with E-state index in [1.54, 1.807) is 0 Å². The maximum absolute atomic E-state index is 5.23. The second kappa shape index (κ2) is 12.0. The van der Waals surface area contributed by atoms with Gasteiger partial charge in [-0.2, -0.15) is 0 Å². The molecule has 0 spiro atoms. The van der Waals surface area contributed by atoms with E-state index in [0.717, 1.165) is 33.8 Å². The summed E-state index contributed by atoms with van der Waals surface area (Å²) in [6, 6.07) is 65.2. The molecule has 0 bridgehead atoms. The number of benzene rings is 8. The molecule has 8 aromatic carbocycles. The molecule has 0 saturated carbocycles. The lowest BCUT2D eigenvalue weighted by molar-refractivity contribution is 0.664. The van der Waals surface area contributed by atoms with Crippen LogP contribution in [0.4, 0.5) is 0 Å². The van der Waals surface area contributed by atoms with Gasteiger partial charge in [-0.15, -0.1) is 0 Å². The van der Waals surface area contributed by atoms with Gasteiger partial charge >= 0.3 is 0 Å². The second-order valence-electron chi connectivity index (χ2n) is 13.2. The molecule has 9 aromatic rings. The fourth-order valence-electron chi connectivity index (χ4n) is 7.82. The van der Waals surface area contributed by atoms with Gasteiger partial charge < -0.3 is 9.88 Å². The molecule has 1 aliphatic heterocycles. The summed E-state index contributed by atoms with van der Waals surface area (Å²) in [6.45, 7) is 0. The third-order valence-corrected chi connectivity index (χ3v) is 10.2. The van der Waals surface area contributed by atoms with E-state index in [0.29, 0.717) is 0 Å². The van der Waals surface area contributed by atoms with Crippen molar-refractivity contribution in [1.29, 1.82) is 0 Å². The van der Waals surface area contributed by atoms with Gasteiger partial charge in [-0.05, 0) is 79.7 Å². The predicted molar refractivity (Wildman–Crippen MR) is 215 cm³/mol. The van der Waals surface area contributed by atoms with Crippen LogP contribution in [-0.4, -0.2) is 10.3 Å². The Morgan fingerprint density at radius 1 is 0.471 bits per heavy atom. The molecule has 0 fully saturated rings. The van der Waals surface area contributed by atoms with Gasteiger partial charge in [0.15, 0.2) is 0 Å². The van der Waals surface area contributed by atoms with Crippen molar-refractivity contribution in [3.63, 3.8) is 0 Å². The third kappa shape index (κ3) is 4.94. The van der Waals surface area contributed by atoms with E-state index in [2.05, 4.69) is 192 Å². The van der Waals surface area contributed by atoms with E-state index >= 15 is 0 Å². The Hall–Kier alpha value is -6.71. The van der Waals surface area contributed by atoms with Gasteiger partial charge in [-0.3, -0.25) is 4.99 Å². The topological polar surface area (TPSA) is 29.3 Å². The first kappa shape index (κ1) is 29.2. The summed E-state index contributed by atoms with van der Waals surface area (Å²) in [4.78, 5) is 5.23. The highest BCUT2D eigenvalue weighted by molar-refractivity contribution is 6.30. The maximum atomic E-state index is 5.23. The minimum Gasteiger partial charge on any atom is -0.360 e. The molecule has 0 radical (unpaired) electrons. The van der Waals surface area contributed by atoms with Gasteiger partial charge in [0.2, 0.25) is 0 Å². The quantitative estimate of drug-likeness (QED) is 0.197. The van der Waals surface area contributed by atoms with Crippen LogP contribution in [0, 0.1) is 0 Å². The normalized spacial score (nSPS) is 14.5. The number of allylic oxidation sites excluding steroid dienone is 1. The number of nitrogens with one attached hydrogen (secondary N) is 1.